The van der Waals surface area contributed by atoms with Crippen molar-refractivity contribution >= 4 is 34.2 Å². The molecule has 2 aromatic heterocycles. The van der Waals surface area contributed by atoms with Crippen molar-refractivity contribution in [2.75, 3.05) is 12.4 Å². The van der Waals surface area contributed by atoms with Gasteiger partial charge in [0.1, 0.15) is 11.3 Å². The van der Waals surface area contributed by atoms with Crippen molar-refractivity contribution in [2.24, 2.45) is 0 Å². The van der Waals surface area contributed by atoms with Crippen LogP contribution in [0.15, 0.2) is 65.7 Å². The predicted octanol–water partition coefficient (Wildman–Crippen LogP) is 5.35. The largest absolute Gasteiger partial charge is 0.387 e. The van der Waals surface area contributed by atoms with Crippen LogP contribution >= 0.6 is 11.8 Å². The summed E-state index contributed by atoms with van der Waals surface area (Å²) in [7, 11) is 1.79. The van der Waals surface area contributed by atoms with Crippen molar-refractivity contribution in [1.29, 1.82) is 0 Å². The smallest absolute Gasteiger partial charge is 0.263 e. The van der Waals surface area contributed by atoms with E-state index >= 15 is 0 Å². The number of halogens is 2. The number of alkyl halides is 2. The monoisotopic (exact) mass is 410 g/mol. The minimum atomic E-state index is -2.53. The molecule has 2 heterocycles. The summed E-state index contributed by atoms with van der Waals surface area (Å²) in [5, 5.41) is 3.06. The maximum atomic E-state index is 12.9. The van der Waals surface area contributed by atoms with Gasteiger partial charge in [0.2, 0.25) is 0 Å². The molecule has 0 saturated carbocycles. The fraction of sp³-hybridized carbons (Fsp3) is 0.0952. The van der Waals surface area contributed by atoms with Crippen molar-refractivity contribution in [2.45, 2.75) is 11.3 Å². The zero-order valence-electron chi connectivity index (χ0n) is 15.3. The molecular weight excluding hydrogens is 394 g/mol. The molecule has 1 N–H and O–H groups in total. The first-order chi connectivity index (χ1) is 14.1. The van der Waals surface area contributed by atoms with Crippen molar-refractivity contribution < 1.29 is 13.6 Å². The molecule has 0 aliphatic rings. The first-order valence-corrected chi connectivity index (χ1v) is 9.64. The zero-order valence-corrected chi connectivity index (χ0v) is 16.2. The molecule has 0 radical (unpaired) electrons. The molecule has 0 atom stereocenters. The van der Waals surface area contributed by atoms with Gasteiger partial charge in [0.15, 0.2) is 11.3 Å². The molecule has 0 saturated heterocycles. The van der Waals surface area contributed by atoms with E-state index in [9.17, 15) is 13.6 Å². The summed E-state index contributed by atoms with van der Waals surface area (Å²) in [6.45, 7) is 0. The Labute approximate surface area is 169 Å². The molecule has 146 valence electrons. The molecule has 2 aromatic carbocycles. The van der Waals surface area contributed by atoms with Crippen LogP contribution in [-0.2, 0) is 4.79 Å². The molecule has 8 heteroatoms. The van der Waals surface area contributed by atoms with Crippen LogP contribution in [0.1, 0.15) is 12.0 Å². The fourth-order valence-electron chi connectivity index (χ4n) is 3.13. The lowest BCUT2D eigenvalue weighted by Gasteiger charge is -2.13. The Balaban J connectivity index is 1.93. The molecule has 0 amide bonds. The maximum Gasteiger partial charge on any atom is 0.263 e. The number of carbonyl (C=O) groups excluding carboxylic acids is 1. The SMILES string of the molecule is CNc1ccc(-n2c(-c3ccc(C(F)F)cc3)nc3cccnc32)cc1SC=O. The average molecular weight is 410 g/mol. The molecule has 4 rings (SSSR count). The minimum Gasteiger partial charge on any atom is -0.387 e. The lowest BCUT2D eigenvalue weighted by molar-refractivity contribution is 0.151. The number of nitrogens with one attached hydrogen (secondary N) is 1. The van der Waals surface area contributed by atoms with Gasteiger partial charge in [-0.3, -0.25) is 9.36 Å². The summed E-state index contributed by atoms with van der Waals surface area (Å²) in [6.07, 6.45) is -0.852. The lowest BCUT2D eigenvalue weighted by Crippen LogP contribution is -2.00. The Morgan fingerprint density at radius 2 is 1.93 bits per heavy atom. The summed E-state index contributed by atoms with van der Waals surface area (Å²) >= 11 is 1.07. The molecule has 0 aliphatic heterocycles. The van der Waals surface area contributed by atoms with Gasteiger partial charge >= 0.3 is 0 Å². The van der Waals surface area contributed by atoms with Gasteiger partial charge < -0.3 is 5.32 Å². The van der Waals surface area contributed by atoms with Crippen molar-refractivity contribution in [1.82, 2.24) is 14.5 Å². The molecule has 0 bridgehead atoms. The van der Waals surface area contributed by atoms with Gasteiger partial charge in [-0.2, -0.15) is 0 Å². The van der Waals surface area contributed by atoms with Crippen LogP contribution in [0.4, 0.5) is 14.5 Å². The average Bonchev–Trinajstić information content (AvgIpc) is 3.13. The number of benzene rings is 2. The maximum absolute atomic E-state index is 12.9. The van der Waals surface area contributed by atoms with Crippen LogP contribution in [0, 0.1) is 0 Å². The highest BCUT2D eigenvalue weighted by atomic mass is 32.2. The Morgan fingerprint density at radius 3 is 2.62 bits per heavy atom. The van der Waals surface area contributed by atoms with E-state index in [-0.39, 0.29) is 5.56 Å². The molecular formula is C21H16F2N4OS. The van der Waals surface area contributed by atoms with Gasteiger partial charge in [-0.15, -0.1) is 0 Å². The van der Waals surface area contributed by atoms with E-state index in [2.05, 4.69) is 15.3 Å². The second kappa shape index (κ2) is 8.00. The number of hydrogen-bond acceptors (Lipinski definition) is 5. The molecule has 0 fully saturated rings. The van der Waals surface area contributed by atoms with Crippen molar-refractivity contribution in [3.05, 3.63) is 66.4 Å². The molecule has 0 unspecified atom stereocenters. The second-order valence-corrected chi connectivity index (χ2v) is 7.05. The molecule has 4 aromatic rings. The van der Waals surface area contributed by atoms with Crippen LogP contribution in [0.25, 0.3) is 28.2 Å². The zero-order chi connectivity index (χ0) is 20.4. The summed E-state index contributed by atoms with van der Waals surface area (Å²) in [5.41, 5.74) is 4.33. The number of thioether (sulfide) groups is 1. The van der Waals surface area contributed by atoms with Crippen LogP contribution in [-0.4, -0.2) is 27.2 Å². The normalized spacial score (nSPS) is 11.2. The Hall–Kier alpha value is -3.26. The van der Waals surface area contributed by atoms with E-state index in [0.29, 0.717) is 22.6 Å². The van der Waals surface area contributed by atoms with E-state index in [1.54, 1.807) is 31.4 Å². The first kappa shape index (κ1) is 19.1. The second-order valence-electron chi connectivity index (χ2n) is 6.18. The molecule has 29 heavy (non-hydrogen) atoms. The number of imidazole rings is 1. The number of pyridine rings is 1. The summed E-state index contributed by atoms with van der Waals surface area (Å²) in [5.74, 6) is 0.582. The number of anilines is 1. The number of nitrogens with zero attached hydrogens (tertiary/aromatic N) is 3. The van der Waals surface area contributed by atoms with Crippen molar-refractivity contribution in [3.8, 4) is 17.1 Å². The standard InChI is InChI=1S/C21H16F2N4OS/c1-24-16-9-8-15(11-18(16)29-12-28)27-20(26-17-3-2-10-25-21(17)27)14-6-4-13(5-7-14)19(22)23/h2-12,19,24H,1H3. The molecule has 5 nitrogen and oxygen atoms in total. The van der Waals surface area contributed by atoms with Crippen LogP contribution in [0.3, 0.4) is 0 Å². The van der Waals surface area contributed by atoms with Gasteiger partial charge in [0.05, 0.1) is 5.69 Å². The van der Waals surface area contributed by atoms with E-state index in [4.69, 9.17) is 0 Å². The number of carbonyl (C=O) groups is 1. The third kappa shape index (κ3) is 3.58. The fourth-order valence-corrected chi connectivity index (χ4v) is 3.72. The summed E-state index contributed by atoms with van der Waals surface area (Å²) in [6, 6.07) is 15.3. The van der Waals surface area contributed by atoms with Crippen LogP contribution in [0.5, 0.6) is 0 Å². The Morgan fingerprint density at radius 1 is 1.14 bits per heavy atom. The summed E-state index contributed by atoms with van der Waals surface area (Å²) < 4.78 is 27.7. The van der Waals surface area contributed by atoms with Gasteiger partial charge in [0, 0.05) is 35.0 Å². The third-order valence-corrected chi connectivity index (χ3v) is 5.19. The lowest BCUT2D eigenvalue weighted by atomic mass is 10.1. The van der Waals surface area contributed by atoms with Gasteiger partial charge in [-0.25, -0.2) is 18.7 Å². The third-order valence-electron chi connectivity index (χ3n) is 4.50. The van der Waals surface area contributed by atoms with E-state index in [1.807, 2.05) is 28.8 Å². The van der Waals surface area contributed by atoms with Gasteiger partial charge in [-0.05, 0) is 30.3 Å². The number of hydrogen-bond donors (Lipinski definition) is 1. The van der Waals surface area contributed by atoms with E-state index in [1.165, 1.54) is 12.1 Å². The highest BCUT2D eigenvalue weighted by Crippen LogP contribution is 2.33. The highest BCUT2D eigenvalue weighted by molar-refractivity contribution is 8.12. The van der Waals surface area contributed by atoms with E-state index < -0.39 is 6.43 Å². The number of rotatable bonds is 6. The Kier molecular flexibility index (Phi) is 5.26. The predicted molar refractivity (Wildman–Crippen MR) is 111 cm³/mol. The summed E-state index contributed by atoms with van der Waals surface area (Å²) in [4.78, 5) is 21.0. The molecule has 0 spiro atoms. The minimum absolute atomic E-state index is 0.0439. The number of fused-ring (bicyclic) bond motifs is 1. The van der Waals surface area contributed by atoms with Gasteiger partial charge in [-0.1, -0.05) is 36.0 Å². The Bertz CT molecular complexity index is 1180. The molecule has 0 aliphatic carbocycles. The number of aromatic nitrogens is 3. The topological polar surface area (TPSA) is 59.8 Å². The van der Waals surface area contributed by atoms with Crippen LogP contribution in [0.2, 0.25) is 0 Å². The highest BCUT2D eigenvalue weighted by Gasteiger charge is 2.17. The van der Waals surface area contributed by atoms with Crippen LogP contribution < -0.4 is 5.32 Å². The quantitative estimate of drug-likeness (QED) is 0.343. The van der Waals surface area contributed by atoms with E-state index in [0.717, 1.165) is 33.7 Å². The van der Waals surface area contributed by atoms with Crippen molar-refractivity contribution in [3.63, 3.8) is 0 Å². The first-order valence-electron chi connectivity index (χ1n) is 8.77. The van der Waals surface area contributed by atoms with Gasteiger partial charge in [0.25, 0.3) is 6.43 Å².